The topological polar surface area (TPSA) is 0 Å². The zero-order valence-electron chi connectivity index (χ0n) is 7.83. The molecule has 0 spiro atoms. The molecule has 0 unspecified atom stereocenters. The van der Waals surface area contributed by atoms with Crippen LogP contribution < -0.4 is 5.22 Å². The van der Waals surface area contributed by atoms with Crippen LogP contribution >= 0.6 is 0 Å². The van der Waals surface area contributed by atoms with Crippen molar-refractivity contribution in [3.05, 3.63) is 68.8 Å². The maximum atomic E-state index is 3.94. The van der Waals surface area contributed by atoms with Crippen LogP contribution in [0, 0.1) is 15.5 Å². The number of benzene rings is 2. The normalized spacial score (nSPS) is 11.6. The minimum atomic E-state index is 1.08. The van der Waals surface area contributed by atoms with Crippen molar-refractivity contribution < 1.29 is 0 Å². The third-order valence-corrected chi connectivity index (χ3v) is 2.68. The van der Waals surface area contributed by atoms with Gasteiger partial charge in [-0.05, 0) is 0 Å². The fraction of sp³-hybridized carbons (Fsp3) is 0. The summed E-state index contributed by atoms with van der Waals surface area (Å²) in [5, 5.41) is 5.05. The first-order valence-corrected chi connectivity index (χ1v) is 4.75. The van der Waals surface area contributed by atoms with Crippen molar-refractivity contribution in [2.45, 2.75) is 0 Å². The first-order chi connectivity index (χ1) is 6.84. The zero-order valence-corrected chi connectivity index (χ0v) is 7.83. The molecule has 0 saturated carbocycles. The van der Waals surface area contributed by atoms with Gasteiger partial charge in [0.1, 0.15) is 0 Å². The summed E-state index contributed by atoms with van der Waals surface area (Å²) in [6, 6.07) is 14.8. The predicted octanol–water partition coefficient (Wildman–Crippen LogP) is 1.27. The number of rotatable bonds is 0. The molecule has 0 atom stereocenters. The van der Waals surface area contributed by atoms with Gasteiger partial charge < -0.3 is 0 Å². The fourth-order valence-electron chi connectivity index (χ4n) is 2.01. The monoisotopic (exact) mass is 176 g/mol. The Morgan fingerprint density at radius 2 is 1.71 bits per heavy atom. The van der Waals surface area contributed by atoms with E-state index in [0.29, 0.717) is 0 Å². The number of fused-ring (bicyclic) bond motifs is 2. The summed E-state index contributed by atoms with van der Waals surface area (Å²) in [5.41, 5.74) is 1.29. The Labute approximate surface area is 82.9 Å². The van der Waals surface area contributed by atoms with Gasteiger partial charge in [0, 0.05) is 0 Å². The van der Waals surface area contributed by atoms with E-state index in [-0.39, 0.29) is 0 Å². The molecule has 64 valence electrons. The molecule has 0 amide bonds. The molecular weight excluding hydrogens is 167 g/mol. The van der Waals surface area contributed by atoms with E-state index < -0.39 is 0 Å². The molecule has 0 fully saturated rings. The molecule has 14 heavy (non-hydrogen) atoms. The van der Waals surface area contributed by atoms with Crippen LogP contribution in [0.25, 0.3) is 6.08 Å². The molecule has 2 aromatic carbocycles. The average molecular weight is 176 g/mol. The molecule has 1 aliphatic rings. The van der Waals surface area contributed by atoms with Crippen molar-refractivity contribution >= 4 is 13.6 Å². The van der Waals surface area contributed by atoms with Crippen LogP contribution in [0.4, 0.5) is 0 Å². The molecule has 0 saturated heterocycles. The summed E-state index contributed by atoms with van der Waals surface area (Å²) in [6.07, 6.45) is 2.22. The van der Waals surface area contributed by atoms with Crippen molar-refractivity contribution in [2.75, 3.05) is 0 Å². The Hall–Kier alpha value is -1.63. The second kappa shape index (κ2) is 2.68. The molecule has 1 aliphatic carbocycles. The molecule has 0 aromatic heterocycles. The van der Waals surface area contributed by atoms with Gasteiger partial charge in [0.2, 0.25) is 0 Å². The standard InChI is InChI=1S/C13H9B/c14-11-5-6-13-10(8-11)7-9-3-1-2-4-12(9)13/h1-8,14H. The third kappa shape index (κ3) is 0.988. The summed E-state index contributed by atoms with van der Waals surface area (Å²) in [5.74, 6) is 0. The molecule has 0 radical (unpaired) electrons. The van der Waals surface area contributed by atoms with Gasteiger partial charge in [-0.15, -0.1) is 0 Å². The van der Waals surface area contributed by atoms with Gasteiger partial charge in [-0.1, -0.05) is 0 Å². The Morgan fingerprint density at radius 3 is 2.64 bits per heavy atom. The van der Waals surface area contributed by atoms with E-state index >= 15 is 0 Å². The summed E-state index contributed by atoms with van der Waals surface area (Å²) in [7, 11) is 3.94. The van der Waals surface area contributed by atoms with E-state index in [1.165, 1.54) is 21.2 Å². The van der Waals surface area contributed by atoms with Crippen LogP contribution in [-0.2, 0) is 0 Å². The summed E-state index contributed by atoms with van der Waals surface area (Å²) < 4.78 is 0. The van der Waals surface area contributed by atoms with E-state index in [0.717, 1.165) is 5.11 Å². The van der Waals surface area contributed by atoms with Crippen LogP contribution in [-0.4, -0.2) is 7.49 Å². The van der Waals surface area contributed by atoms with Gasteiger partial charge >= 0.3 is 82.4 Å². The van der Waals surface area contributed by atoms with Gasteiger partial charge in [0.05, 0.1) is 0 Å². The molecule has 0 aliphatic heterocycles. The van der Waals surface area contributed by atoms with E-state index in [4.69, 9.17) is 0 Å². The van der Waals surface area contributed by atoms with Gasteiger partial charge in [-0.2, -0.15) is 0 Å². The molecule has 0 nitrogen and oxygen atoms in total. The molecule has 0 heterocycles. The molecular formula is C13H9B. The van der Waals surface area contributed by atoms with E-state index in [1.54, 1.807) is 0 Å². The van der Waals surface area contributed by atoms with E-state index in [9.17, 15) is 0 Å². The van der Waals surface area contributed by atoms with Gasteiger partial charge in [-0.25, -0.2) is 0 Å². The first-order valence-electron chi connectivity index (χ1n) is 4.75. The molecule has 0 bridgehead atoms. The van der Waals surface area contributed by atoms with Crippen LogP contribution in [0.2, 0.25) is 0 Å². The minimum absolute atomic E-state index is 1.08. The second-order valence-corrected chi connectivity index (χ2v) is 3.65. The van der Waals surface area contributed by atoms with Gasteiger partial charge in [-0.3, -0.25) is 0 Å². The maximum absolute atomic E-state index is 3.94. The molecule has 1 heteroatoms. The first kappa shape index (κ1) is 7.75. The molecule has 2 aromatic rings. The van der Waals surface area contributed by atoms with Gasteiger partial charge in [0.25, 0.3) is 0 Å². The zero-order chi connectivity index (χ0) is 9.54. The van der Waals surface area contributed by atoms with Crippen molar-refractivity contribution in [3.8, 4) is 0 Å². The van der Waals surface area contributed by atoms with Crippen molar-refractivity contribution in [3.63, 3.8) is 0 Å². The summed E-state index contributed by atoms with van der Waals surface area (Å²) in [6.45, 7) is 0. The summed E-state index contributed by atoms with van der Waals surface area (Å²) >= 11 is 0. The van der Waals surface area contributed by atoms with Crippen molar-refractivity contribution in [1.29, 1.82) is 0 Å². The fourth-order valence-corrected chi connectivity index (χ4v) is 2.01. The van der Waals surface area contributed by atoms with Crippen LogP contribution in [0.5, 0.6) is 0 Å². The third-order valence-electron chi connectivity index (χ3n) is 2.68. The second-order valence-electron chi connectivity index (χ2n) is 3.65. The predicted molar refractivity (Wildman–Crippen MR) is 59.7 cm³/mol. The number of hydrogen-bond donors (Lipinski definition) is 0. The number of hydrogen-bond acceptors (Lipinski definition) is 0. The Morgan fingerprint density at radius 1 is 0.857 bits per heavy atom. The Kier molecular flexibility index (Phi) is 1.48. The Balaban J connectivity index is 2.66. The summed E-state index contributed by atoms with van der Waals surface area (Å²) in [4.78, 5) is 0. The quantitative estimate of drug-likeness (QED) is 0.452. The molecule has 3 rings (SSSR count). The van der Waals surface area contributed by atoms with Gasteiger partial charge in [0.15, 0.2) is 0 Å². The molecule has 0 N–H and O–H groups in total. The SMILES string of the molecule is B=c1ccc2c(c1)C=c1ccccc1=2. The van der Waals surface area contributed by atoms with Crippen molar-refractivity contribution in [2.24, 2.45) is 0 Å². The van der Waals surface area contributed by atoms with E-state index in [2.05, 4.69) is 56.0 Å². The van der Waals surface area contributed by atoms with Crippen molar-refractivity contribution in [1.82, 2.24) is 0 Å². The van der Waals surface area contributed by atoms with E-state index in [1.807, 2.05) is 0 Å². The Bertz CT molecular complexity index is 699. The van der Waals surface area contributed by atoms with Crippen LogP contribution in [0.1, 0.15) is 5.56 Å². The van der Waals surface area contributed by atoms with Crippen LogP contribution in [0.3, 0.4) is 0 Å². The van der Waals surface area contributed by atoms with Crippen LogP contribution in [0.15, 0.2) is 42.5 Å². The average Bonchev–Trinajstić information content (AvgIpc) is 2.54.